The third kappa shape index (κ3) is 3.90. The first-order valence-electron chi connectivity index (χ1n) is 9.73. The molecule has 1 aliphatic heterocycles. The molecule has 28 heavy (non-hydrogen) atoms. The Kier molecular flexibility index (Phi) is 5.12. The SMILES string of the molecule is Cc1cc(OC2CCS(O)(O)CC2)cc2c1-c1cc(C(=O)O)ccc1CCC2. The van der Waals surface area contributed by atoms with Gasteiger partial charge in [-0.05, 0) is 78.3 Å². The standard InChI is InChI=1S/C22H26O5S/c1-14-11-19(27-18-7-9-28(25,26)10-8-18)12-16-4-2-3-15-5-6-17(22(23)24)13-20(15)21(14)16/h5-6,11-13,18,25-26H,2-4,7-10H2,1H3,(H,23,24). The first-order valence-corrected chi connectivity index (χ1v) is 11.6. The summed E-state index contributed by atoms with van der Waals surface area (Å²) in [6.45, 7) is 2.05. The number of benzene rings is 2. The molecule has 0 aromatic heterocycles. The van der Waals surface area contributed by atoms with Crippen LogP contribution in [-0.4, -0.2) is 37.8 Å². The number of aromatic carboxylic acids is 1. The molecule has 6 heteroatoms. The largest absolute Gasteiger partial charge is 0.490 e. The molecule has 1 aliphatic carbocycles. The molecule has 0 saturated carbocycles. The van der Waals surface area contributed by atoms with Gasteiger partial charge in [-0.15, -0.1) is 0 Å². The van der Waals surface area contributed by atoms with Crippen LogP contribution in [0.2, 0.25) is 0 Å². The summed E-state index contributed by atoms with van der Waals surface area (Å²) in [6, 6.07) is 9.53. The van der Waals surface area contributed by atoms with Crippen LogP contribution in [0.1, 0.15) is 46.3 Å². The van der Waals surface area contributed by atoms with E-state index in [-0.39, 0.29) is 6.10 Å². The topological polar surface area (TPSA) is 87.0 Å². The molecule has 2 aliphatic rings. The van der Waals surface area contributed by atoms with E-state index in [4.69, 9.17) is 4.74 Å². The van der Waals surface area contributed by atoms with E-state index < -0.39 is 16.6 Å². The molecule has 3 N–H and O–H groups in total. The number of carboxylic acid groups (broad SMARTS) is 1. The van der Waals surface area contributed by atoms with Crippen LogP contribution < -0.4 is 4.74 Å². The number of carboxylic acids is 1. The second-order valence-corrected chi connectivity index (χ2v) is 10.3. The minimum atomic E-state index is -2.41. The number of rotatable bonds is 3. The van der Waals surface area contributed by atoms with Crippen LogP contribution in [0.4, 0.5) is 0 Å². The van der Waals surface area contributed by atoms with Gasteiger partial charge in [-0.25, -0.2) is 4.79 Å². The van der Waals surface area contributed by atoms with Crippen molar-refractivity contribution >= 4 is 16.6 Å². The van der Waals surface area contributed by atoms with Crippen molar-refractivity contribution in [1.29, 1.82) is 0 Å². The number of fused-ring (bicyclic) bond motifs is 3. The van der Waals surface area contributed by atoms with Gasteiger partial charge in [0, 0.05) is 24.3 Å². The van der Waals surface area contributed by atoms with Crippen LogP contribution in [0.3, 0.4) is 0 Å². The normalized spacial score (nSPS) is 19.8. The lowest BCUT2D eigenvalue weighted by molar-refractivity contribution is 0.0697. The summed E-state index contributed by atoms with van der Waals surface area (Å²) >= 11 is 0. The zero-order chi connectivity index (χ0) is 19.9. The molecule has 2 aromatic carbocycles. The Labute approximate surface area is 166 Å². The van der Waals surface area contributed by atoms with E-state index in [0.717, 1.165) is 41.7 Å². The van der Waals surface area contributed by atoms with Crippen molar-refractivity contribution in [2.24, 2.45) is 0 Å². The molecule has 0 radical (unpaired) electrons. The van der Waals surface area contributed by atoms with Crippen molar-refractivity contribution in [3.8, 4) is 16.9 Å². The van der Waals surface area contributed by atoms with E-state index in [0.29, 0.717) is 29.9 Å². The Morgan fingerprint density at radius 2 is 1.79 bits per heavy atom. The Hall–Kier alpha value is -2.02. The first kappa shape index (κ1) is 19.3. The Morgan fingerprint density at radius 3 is 2.50 bits per heavy atom. The zero-order valence-corrected chi connectivity index (χ0v) is 16.8. The van der Waals surface area contributed by atoms with Crippen molar-refractivity contribution in [2.45, 2.75) is 45.1 Å². The summed E-state index contributed by atoms with van der Waals surface area (Å²) in [5, 5.41) is 9.38. The molecular weight excluding hydrogens is 376 g/mol. The van der Waals surface area contributed by atoms with Gasteiger partial charge in [-0.2, -0.15) is 10.6 Å². The Balaban J connectivity index is 1.66. The lowest BCUT2D eigenvalue weighted by Crippen LogP contribution is -2.28. The predicted molar refractivity (Wildman–Crippen MR) is 112 cm³/mol. The highest BCUT2D eigenvalue weighted by atomic mass is 32.3. The smallest absolute Gasteiger partial charge is 0.335 e. The van der Waals surface area contributed by atoms with Gasteiger partial charge in [-0.3, -0.25) is 9.11 Å². The molecule has 2 aromatic rings. The van der Waals surface area contributed by atoms with E-state index in [2.05, 4.69) is 6.07 Å². The highest BCUT2D eigenvalue weighted by molar-refractivity contribution is 8.24. The maximum atomic E-state index is 11.4. The lowest BCUT2D eigenvalue weighted by Gasteiger charge is -2.39. The summed E-state index contributed by atoms with van der Waals surface area (Å²) in [5.41, 5.74) is 5.92. The third-order valence-corrected chi connectivity index (χ3v) is 7.52. The van der Waals surface area contributed by atoms with Gasteiger partial charge in [0.05, 0.1) is 5.56 Å². The molecule has 1 saturated heterocycles. The first-order chi connectivity index (χ1) is 13.3. The van der Waals surface area contributed by atoms with Gasteiger partial charge in [0.2, 0.25) is 0 Å². The number of hydrogen-bond acceptors (Lipinski definition) is 4. The maximum Gasteiger partial charge on any atom is 0.335 e. The summed E-state index contributed by atoms with van der Waals surface area (Å²) in [7, 11) is -2.41. The second kappa shape index (κ2) is 7.43. The maximum absolute atomic E-state index is 11.4. The minimum absolute atomic E-state index is 0.00838. The number of ether oxygens (including phenoxy) is 1. The molecule has 0 atom stereocenters. The summed E-state index contributed by atoms with van der Waals surface area (Å²) in [6.07, 6.45) is 4.19. The van der Waals surface area contributed by atoms with E-state index in [1.165, 1.54) is 11.1 Å². The van der Waals surface area contributed by atoms with Crippen molar-refractivity contribution < 1.29 is 23.7 Å². The van der Waals surface area contributed by atoms with E-state index >= 15 is 0 Å². The molecule has 0 bridgehead atoms. The summed E-state index contributed by atoms with van der Waals surface area (Å²) in [4.78, 5) is 11.4. The van der Waals surface area contributed by atoms with Gasteiger partial charge < -0.3 is 9.84 Å². The molecular formula is C22H26O5S. The molecule has 0 spiro atoms. The minimum Gasteiger partial charge on any atom is -0.490 e. The average Bonchev–Trinajstić information content (AvgIpc) is 2.82. The molecule has 4 rings (SSSR count). The fourth-order valence-electron chi connectivity index (χ4n) is 4.30. The fraction of sp³-hybridized carbons (Fsp3) is 0.409. The molecule has 5 nitrogen and oxygen atoms in total. The highest BCUT2D eigenvalue weighted by Gasteiger charge is 2.26. The summed E-state index contributed by atoms with van der Waals surface area (Å²) < 4.78 is 25.8. The average molecular weight is 403 g/mol. The monoisotopic (exact) mass is 402 g/mol. The van der Waals surface area contributed by atoms with E-state index in [9.17, 15) is 19.0 Å². The van der Waals surface area contributed by atoms with Crippen molar-refractivity contribution in [3.63, 3.8) is 0 Å². The molecule has 1 fully saturated rings. The van der Waals surface area contributed by atoms with E-state index in [1.54, 1.807) is 12.1 Å². The quantitative estimate of drug-likeness (QED) is 0.662. The van der Waals surface area contributed by atoms with Crippen molar-refractivity contribution in [1.82, 2.24) is 0 Å². The van der Waals surface area contributed by atoms with Gasteiger partial charge in [0.25, 0.3) is 0 Å². The van der Waals surface area contributed by atoms with Gasteiger partial charge in [0.15, 0.2) is 0 Å². The fourth-order valence-corrected chi connectivity index (χ4v) is 5.79. The van der Waals surface area contributed by atoms with E-state index in [1.807, 2.05) is 19.1 Å². The van der Waals surface area contributed by atoms with Crippen LogP contribution >= 0.6 is 10.6 Å². The van der Waals surface area contributed by atoms with Crippen LogP contribution in [0, 0.1) is 6.92 Å². The second-order valence-electron chi connectivity index (χ2n) is 7.83. The van der Waals surface area contributed by atoms with Crippen LogP contribution in [0.5, 0.6) is 5.75 Å². The Morgan fingerprint density at radius 1 is 1.07 bits per heavy atom. The van der Waals surface area contributed by atoms with Crippen LogP contribution in [-0.2, 0) is 12.8 Å². The van der Waals surface area contributed by atoms with Crippen molar-refractivity contribution in [2.75, 3.05) is 11.5 Å². The summed E-state index contributed by atoms with van der Waals surface area (Å²) in [5.74, 6) is 0.729. The van der Waals surface area contributed by atoms with Gasteiger partial charge in [-0.1, -0.05) is 6.07 Å². The lowest BCUT2D eigenvalue weighted by atomic mass is 9.91. The third-order valence-electron chi connectivity index (χ3n) is 5.75. The molecule has 1 heterocycles. The molecule has 0 unspecified atom stereocenters. The Bertz CT molecular complexity index is 911. The van der Waals surface area contributed by atoms with Gasteiger partial charge >= 0.3 is 5.97 Å². The molecule has 150 valence electrons. The van der Waals surface area contributed by atoms with Crippen molar-refractivity contribution in [3.05, 3.63) is 52.6 Å². The van der Waals surface area contributed by atoms with Crippen LogP contribution in [0.15, 0.2) is 30.3 Å². The number of carbonyl (C=O) groups is 1. The number of aryl methyl sites for hydroxylation is 3. The number of hydrogen-bond donors (Lipinski definition) is 3. The van der Waals surface area contributed by atoms with Gasteiger partial charge in [0.1, 0.15) is 11.9 Å². The molecule has 0 amide bonds. The van der Waals surface area contributed by atoms with Crippen LogP contribution in [0.25, 0.3) is 11.1 Å². The zero-order valence-electron chi connectivity index (χ0n) is 16.0. The predicted octanol–water partition coefficient (Wildman–Crippen LogP) is 5.14. The highest BCUT2D eigenvalue weighted by Crippen LogP contribution is 2.45.